The topological polar surface area (TPSA) is 88.0 Å². The van der Waals surface area contributed by atoms with Crippen molar-refractivity contribution in [1.82, 2.24) is 9.55 Å². The van der Waals surface area contributed by atoms with Gasteiger partial charge in [-0.25, -0.2) is 4.98 Å². The van der Waals surface area contributed by atoms with Gasteiger partial charge in [-0.15, -0.1) is 0 Å². The highest BCUT2D eigenvalue weighted by atomic mass is 16.2. The highest BCUT2D eigenvalue weighted by Crippen LogP contribution is 2.24. The van der Waals surface area contributed by atoms with E-state index in [0.717, 1.165) is 33.7 Å². The number of nitrogens with one attached hydrogen (secondary N) is 1. The predicted octanol–water partition coefficient (Wildman–Crippen LogP) is 4.03. The van der Waals surface area contributed by atoms with Gasteiger partial charge in [-0.05, 0) is 42.3 Å². The number of rotatable bonds is 5. The fourth-order valence-electron chi connectivity index (χ4n) is 3.85. The quantitative estimate of drug-likeness (QED) is 0.384. The molecular formula is C25H25N5O. The third-order valence-electron chi connectivity index (χ3n) is 5.57. The van der Waals surface area contributed by atoms with E-state index in [1.165, 1.54) is 0 Å². The van der Waals surface area contributed by atoms with Gasteiger partial charge < -0.3 is 15.2 Å². The van der Waals surface area contributed by atoms with Gasteiger partial charge in [0, 0.05) is 37.3 Å². The molecule has 4 rings (SSSR count). The largest absolute Gasteiger partial charge is 0.384 e. The van der Waals surface area contributed by atoms with E-state index < -0.39 is 0 Å². The van der Waals surface area contributed by atoms with E-state index >= 15 is 0 Å². The lowest BCUT2D eigenvalue weighted by Gasteiger charge is -2.17. The van der Waals surface area contributed by atoms with E-state index in [4.69, 9.17) is 16.1 Å². The van der Waals surface area contributed by atoms with Crippen molar-refractivity contribution >= 4 is 28.5 Å². The third-order valence-corrected chi connectivity index (χ3v) is 5.57. The molecular weight excluding hydrogens is 386 g/mol. The van der Waals surface area contributed by atoms with Crippen molar-refractivity contribution in [3.05, 3.63) is 94.8 Å². The molecule has 3 N–H and O–H groups in total. The first-order valence-electron chi connectivity index (χ1n) is 10.1. The van der Waals surface area contributed by atoms with Crippen LogP contribution in [-0.4, -0.2) is 28.3 Å². The van der Waals surface area contributed by atoms with Crippen LogP contribution >= 0.6 is 0 Å². The van der Waals surface area contributed by atoms with Crippen LogP contribution in [0.4, 0.5) is 5.69 Å². The summed E-state index contributed by atoms with van der Waals surface area (Å²) in [6.07, 6.45) is 0.649. The lowest BCUT2D eigenvalue weighted by Crippen LogP contribution is -2.26. The van der Waals surface area contributed by atoms with Gasteiger partial charge in [0.1, 0.15) is 11.7 Å². The van der Waals surface area contributed by atoms with Gasteiger partial charge >= 0.3 is 0 Å². The number of amides is 1. The number of nitrogen functional groups attached to an aromatic ring is 1. The molecule has 0 aliphatic carbocycles. The molecule has 0 saturated heterocycles. The minimum atomic E-state index is -0.0665. The normalized spacial score (nSPS) is 10.9. The fourth-order valence-corrected chi connectivity index (χ4v) is 3.85. The van der Waals surface area contributed by atoms with Gasteiger partial charge in [-0.1, -0.05) is 42.5 Å². The van der Waals surface area contributed by atoms with E-state index in [2.05, 4.69) is 4.57 Å². The van der Waals surface area contributed by atoms with Crippen molar-refractivity contribution < 1.29 is 4.79 Å². The number of nitrogens with two attached hydrogens (primary N) is 1. The minimum absolute atomic E-state index is 0.0579. The Balaban J connectivity index is 1.66. The maximum Gasteiger partial charge on any atom is 0.258 e. The molecule has 0 fully saturated rings. The molecule has 0 unspecified atom stereocenters. The Kier molecular flexibility index (Phi) is 5.29. The van der Waals surface area contributed by atoms with Crippen LogP contribution in [0.25, 0.3) is 11.0 Å². The molecule has 0 aliphatic rings. The number of carbonyl (C=O) groups is 1. The molecule has 156 valence electrons. The molecule has 0 spiro atoms. The number of hydrogen-bond donors (Lipinski definition) is 2. The Labute approximate surface area is 181 Å². The number of hydrogen-bond acceptors (Lipinski definition) is 3. The minimum Gasteiger partial charge on any atom is -0.384 e. The summed E-state index contributed by atoms with van der Waals surface area (Å²) in [5.74, 6) is 0.903. The van der Waals surface area contributed by atoms with Crippen LogP contribution in [0.2, 0.25) is 0 Å². The number of benzene rings is 3. The van der Waals surface area contributed by atoms with Crippen LogP contribution in [0, 0.1) is 12.3 Å². The van der Waals surface area contributed by atoms with Gasteiger partial charge in [0.2, 0.25) is 0 Å². The number of amidine groups is 1. The van der Waals surface area contributed by atoms with Crippen LogP contribution in [0.5, 0.6) is 0 Å². The SMILES string of the molecule is Cc1cc(C(=O)N(C)c2ccccc2)cc2nc(Cc3ccc(C(=N)N)cc3)n(C)c12. The van der Waals surface area contributed by atoms with Gasteiger partial charge in [0.05, 0.1) is 11.0 Å². The Hall–Kier alpha value is -3.93. The number of imidazole rings is 1. The summed E-state index contributed by atoms with van der Waals surface area (Å²) in [7, 11) is 3.78. The zero-order chi connectivity index (χ0) is 22.1. The lowest BCUT2D eigenvalue weighted by molar-refractivity contribution is 0.0993. The maximum atomic E-state index is 13.1. The molecule has 0 aliphatic heterocycles. The van der Waals surface area contributed by atoms with E-state index in [-0.39, 0.29) is 11.7 Å². The summed E-state index contributed by atoms with van der Waals surface area (Å²) in [5, 5.41) is 7.53. The third kappa shape index (κ3) is 3.92. The summed E-state index contributed by atoms with van der Waals surface area (Å²) < 4.78 is 2.08. The van der Waals surface area contributed by atoms with Crippen molar-refractivity contribution in [2.24, 2.45) is 12.8 Å². The van der Waals surface area contributed by atoms with E-state index in [1.807, 2.05) is 80.7 Å². The van der Waals surface area contributed by atoms with Crippen LogP contribution in [0.3, 0.4) is 0 Å². The number of fused-ring (bicyclic) bond motifs is 1. The molecule has 0 bridgehead atoms. The van der Waals surface area contributed by atoms with Crippen LogP contribution in [0.1, 0.15) is 32.9 Å². The van der Waals surface area contributed by atoms with Crippen molar-refractivity contribution in [3.8, 4) is 0 Å². The van der Waals surface area contributed by atoms with Crippen molar-refractivity contribution in [1.29, 1.82) is 5.41 Å². The highest BCUT2D eigenvalue weighted by Gasteiger charge is 2.18. The summed E-state index contributed by atoms with van der Waals surface area (Å²) in [4.78, 5) is 19.6. The fraction of sp³-hybridized carbons (Fsp3) is 0.160. The molecule has 0 atom stereocenters. The van der Waals surface area contributed by atoms with Crippen molar-refractivity contribution in [3.63, 3.8) is 0 Å². The number of nitrogens with zero attached hydrogens (tertiary/aromatic N) is 3. The zero-order valence-corrected chi connectivity index (χ0v) is 17.9. The molecule has 0 saturated carbocycles. The standard InChI is InChI=1S/C25H25N5O/c1-16-13-19(25(31)29(2)20-7-5-4-6-8-20)15-21-23(16)30(3)22(28-21)14-17-9-11-18(12-10-17)24(26)27/h4-13,15H,14H2,1-3H3,(H3,26,27). The van der Waals surface area contributed by atoms with Crippen LogP contribution < -0.4 is 10.6 Å². The second kappa shape index (κ2) is 8.07. The van der Waals surface area contributed by atoms with E-state index in [1.54, 1.807) is 11.9 Å². The molecule has 1 heterocycles. The smallest absolute Gasteiger partial charge is 0.258 e. The van der Waals surface area contributed by atoms with Crippen LogP contribution in [0.15, 0.2) is 66.7 Å². The van der Waals surface area contributed by atoms with Crippen molar-refractivity contribution in [2.45, 2.75) is 13.3 Å². The van der Waals surface area contributed by atoms with Gasteiger partial charge in [0.15, 0.2) is 0 Å². The molecule has 6 nitrogen and oxygen atoms in total. The molecule has 1 aromatic heterocycles. The average Bonchev–Trinajstić information content (AvgIpc) is 3.09. The van der Waals surface area contributed by atoms with Gasteiger partial charge in [-0.2, -0.15) is 0 Å². The van der Waals surface area contributed by atoms with Crippen molar-refractivity contribution in [2.75, 3.05) is 11.9 Å². The first-order chi connectivity index (χ1) is 14.8. The predicted molar refractivity (Wildman–Crippen MR) is 125 cm³/mol. The number of para-hydroxylation sites is 1. The summed E-state index contributed by atoms with van der Waals surface area (Å²) >= 11 is 0. The maximum absolute atomic E-state index is 13.1. The first-order valence-corrected chi connectivity index (χ1v) is 10.1. The number of anilines is 1. The molecule has 6 heteroatoms. The molecule has 0 radical (unpaired) electrons. The molecule has 1 amide bonds. The summed E-state index contributed by atoms with van der Waals surface area (Å²) in [6.45, 7) is 2.01. The number of aromatic nitrogens is 2. The first kappa shape index (κ1) is 20.3. The zero-order valence-electron chi connectivity index (χ0n) is 17.9. The Morgan fingerprint density at radius 1 is 1.06 bits per heavy atom. The average molecular weight is 412 g/mol. The summed E-state index contributed by atoms with van der Waals surface area (Å²) in [5.41, 5.74) is 11.6. The van der Waals surface area contributed by atoms with E-state index in [9.17, 15) is 4.79 Å². The van der Waals surface area contributed by atoms with E-state index in [0.29, 0.717) is 17.5 Å². The molecule has 3 aromatic carbocycles. The molecule has 31 heavy (non-hydrogen) atoms. The Morgan fingerprint density at radius 2 is 1.74 bits per heavy atom. The second-order valence-corrected chi connectivity index (χ2v) is 7.74. The highest BCUT2D eigenvalue weighted by molar-refractivity contribution is 6.07. The van der Waals surface area contributed by atoms with Gasteiger partial charge in [0.25, 0.3) is 5.91 Å². The monoisotopic (exact) mass is 411 g/mol. The Bertz CT molecular complexity index is 1270. The molecule has 4 aromatic rings. The lowest BCUT2D eigenvalue weighted by atomic mass is 10.1. The Morgan fingerprint density at radius 3 is 2.39 bits per heavy atom. The van der Waals surface area contributed by atoms with Crippen LogP contribution in [-0.2, 0) is 13.5 Å². The number of carbonyl (C=O) groups excluding carboxylic acids is 1. The summed E-state index contributed by atoms with van der Waals surface area (Å²) in [6, 6.07) is 21.0. The number of aryl methyl sites for hydroxylation is 2. The second-order valence-electron chi connectivity index (χ2n) is 7.74. The van der Waals surface area contributed by atoms with Gasteiger partial charge in [-0.3, -0.25) is 10.2 Å².